The molecule has 0 radical (unpaired) electrons. The van der Waals surface area contributed by atoms with Crippen molar-refractivity contribution in [3.8, 4) is 0 Å². The molecule has 400 valence electrons. The first-order chi connectivity index (χ1) is 34.0. The van der Waals surface area contributed by atoms with Crippen LogP contribution in [-0.4, -0.2) is 37.2 Å². The number of hydrogen-bond donors (Lipinski definition) is 0. The minimum absolute atomic E-state index is 0.0944. The molecule has 0 aromatic rings. The molecule has 0 saturated heterocycles. The molecule has 6 heteroatoms. The summed E-state index contributed by atoms with van der Waals surface area (Å²) in [7, 11) is 0. The lowest BCUT2D eigenvalue weighted by molar-refractivity contribution is -0.166. The molecule has 0 amide bonds. The summed E-state index contributed by atoms with van der Waals surface area (Å²) in [5.41, 5.74) is 0. The Hall–Kier alpha value is -2.89. The van der Waals surface area contributed by atoms with Gasteiger partial charge in [0.05, 0.1) is 0 Å². The van der Waals surface area contributed by atoms with Crippen LogP contribution in [0.2, 0.25) is 0 Å². The predicted octanol–water partition coefficient (Wildman–Crippen LogP) is 20.0. The molecule has 0 heterocycles. The summed E-state index contributed by atoms with van der Waals surface area (Å²) >= 11 is 0. The maximum Gasteiger partial charge on any atom is 0.306 e. The number of allylic oxidation sites excluding steroid dienone is 10. The van der Waals surface area contributed by atoms with E-state index in [9.17, 15) is 14.4 Å². The number of carbonyl (C=O) groups excluding carboxylic acids is 3. The van der Waals surface area contributed by atoms with Crippen LogP contribution < -0.4 is 0 Å². The second-order valence-corrected chi connectivity index (χ2v) is 19.9. The number of rotatable bonds is 54. The molecule has 6 nitrogen and oxygen atoms in total. The molecule has 0 aliphatic rings. The van der Waals surface area contributed by atoms with Gasteiger partial charge in [0.15, 0.2) is 6.10 Å². The highest BCUT2D eigenvalue weighted by Gasteiger charge is 2.19. The van der Waals surface area contributed by atoms with Gasteiger partial charge in [-0.1, -0.05) is 274 Å². The summed E-state index contributed by atoms with van der Waals surface area (Å²) in [6.45, 7) is 6.49. The van der Waals surface area contributed by atoms with Crippen molar-refractivity contribution in [3.05, 3.63) is 60.8 Å². The summed E-state index contributed by atoms with van der Waals surface area (Å²) in [5, 5.41) is 0. The fraction of sp³-hybridized carbons (Fsp3) is 0.794. The van der Waals surface area contributed by atoms with Crippen LogP contribution >= 0.6 is 0 Å². The Labute approximate surface area is 428 Å². The van der Waals surface area contributed by atoms with E-state index in [-0.39, 0.29) is 37.5 Å². The molecule has 0 rings (SSSR count). The van der Waals surface area contributed by atoms with Crippen molar-refractivity contribution in [2.75, 3.05) is 13.2 Å². The first-order valence-corrected chi connectivity index (χ1v) is 29.8. The van der Waals surface area contributed by atoms with E-state index in [1.165, 1.54) is 193 Å². The molecular weight excluding hydrogens is 853 g/mol. The molecule has 0 N–H and O–H groups in total. The molecule has 0 aromatic carbocycles. The normalized spacial score (nSPS) is 12.4. The average molecular weight is 966 g/mol. The van der Waals surface area contributed by atoms with Gasteiger partial charge in [-0.15, -0.1) is 0 Å². The third-order valence-electron chi connectivity index (χ3n) is 13.0. The molecule has 0 aromatic heterocycles. The van der Waals surface area contributed by atoms with Gasteiger partial charge < -0.3 is 14.2 Å². The number of esters is 3. The lowest BCUT2D eigenvalue weighted by atomic mass is 10.0. The zero-order valence-electron chi connectivity index (χ0n) is 45.8. The van der Waals surface area contributed by atoms with Crippen LogP contribution in [0.25, 0.3) is 0 Å². The second-order valence-electron chi connectivity index (χ2n) is 19.9. The van der Waals surface area contributed by atoms with E-state index < -0.39 is 6.10 Å². The summed E-state index contributed by atoms with van der Waals surface area (Å²) in [5.74, 6) is -0.967. The van der Waals surface area contributed by atoms with Crippen LogP contribution in [0.3, 0.4) is 0 Å². The molecule has 1 unspecified atom stereocenters. The fourth-order valence-corrected chi connectivity index (χ4v) is 8.57. The fourth-order valence-electron chi connectivity index (χ4n) is 8.57. The summed E-state index contributed by atoms with van der Waals surface area (Å²) in [4.78, 5) is 38.1. The number of ether oxygens (including phenoxy) is 3. The Balaban J connectivity index is 4.37. The quantitative estimate of drug-likeness (QED) is 0.0262. The Morgan fingerprint density at radius 1 is 0.304 bits per heavy atom. The third-order valence-corrected chi connectivity index (χ3v) is 13.0. The number of unbranched alkanes of at least 4 members (excludes halogenated alkanes) is 33. The Bertz CT molecular complexity index is 1250. The monoisotopic (exact) mass is 965 g/mol. The average Bonchev–Trinajstić information content (AvgIpc) is 3.35. The molecule has 0 fully saturated rings. The van der Waals surface area contributed by atoms with Crippen molar-refractivity contribution >= 4 is 17.9 Å². The van der Waals surface area contributed by atoms with Gasteiger partial charge in [-0.3, -0.25) is 14.4 Å². The Morgan fingerprint density at radius 3 is 0.971 bits per heavy atom. The summed E-state index contributed by atoms with van der Waals surface area (Å²) in [6, 6.07) is 0. The minimum atomic E-state index is -0.802. The largest absolute Gasteiger partial charge is 0.462 e. The van der Waals surface area contributed by atoms with E-state index >= 15 is 0 Å². The van der Waals surface area contributed by atoms with Gasteiger partial charge in [0.2, 0.25) is 0 Å². The molecule has 0 bridgehead atoms. The van der Waals surface area contributed by atoms with Crippen molar-refractivity contribution in [2.45, 2.75) is 309 Å². The van der Waals surface area contributed by atoms with Crippen LogP contribution in [0.1, 0.15) is 303 Å². The summed E-state index contributed by atoms with van der Waals surface area (Å²) < 4.78 is 16.8. The topological polar surface area (TPSA) is 78.9 Å². The Morgan fingerprint density at radius 2 is 0.594 bits per heavy atom. The molecule has 0 saturated carbocycles. The van der Waals surface area contributed by atoms with Gasteiger partial charge in [-0.2, -0.15) is 0 Å². The molecule has 0 aliphatic carbocycles. The van der Waals surface area contributed by atoms with Crippen LogP contribution in [0, 0.1) is 0 Å². The van der Waals surface area contributed by atoms with E-state index in [0.29, 0.717) is 19.3 Å². The van der Waals surface area contributed by atoms with Crippen LogP contribution in [0.4, 0.5) is 0 Å². The lowest BCUT2D eigenvalue weighted by Gasteiger charge is -2.18. The number of hydrogen-bond acceptors (Lipinski definition) is 6. The molecule has 0 aliphatic heterocycles. The van der Waals surface area contributed by atoms with Gasteiger partial charge >= 0.3 is 17.9 Å². The highest BCUT2D eigenvalue weighted by Crippen LogP contribution is 2.17. The maximum atomic E-state index is 12.9. The predicted molar refractivity (Wildman–Crippen MR) is 298 cm³/mol. The second kappa shape index (κ2) is 57.7. The van der Waals surface area contributed by atoms with Crippen molar-refractivity contribution in [1.29, 1.82) is 0 Å². The zero-order valence-corrected chi connectivity index (χ0v) is 45.8. The third kappa shape index (κ3) is 55.9. The summed E-state index contributed by atoms with van der Waals surface area (Å²) in [6.07, 6.45) is 72.4. The zero-order chi connectivity index (χ0) is 50.0. The molecule has 1 atom stereocenters. The van der Waals surface area contributed by atoms with Crippen molar-refractivity contribution in [2.24, 2.45) is 0 Å². The highest BCUT2D eigenvalue weighted by molar-refractivity contribution is 5.71. The van der Waals surface area contributed by atoms with E-state index in [1.54, 1.807) is 0 Å². The highest BCUT2D eigenvalue weighted by atomic mass is 16.6. The van der Waals surface area contributed by atoms with Crippen molar-refractivity contribution in [1.82, 2.24) is 0 Å². The maximum absolute atomic E-state index is 12.9. The van der Waals surface area contributed by atoms with Crippen LogP contribution in [0.15, 0.2) is 60.8 Å². The van der Waals surface area contributed by atoms with Gasteiger partial charge in [0.25, 0.3) is 0 Å². The van der Waals surface area contributed by atoms with Gasteiger partial charge in [0.1, 0.15) is 13.2 Å². The minimum Gasteiger partial charge on any atom is -0.462 e. The van der Waals surface area contributed by atoms with Crippen molar-refractivity contribution in [3.63, 3.8) is 0 Å². The smallest absolute Gasteiger partial charge is 0.306 e. The first kappa shape index (κ1) is 66.1. The molecular formula is C63H112O6. The lowest BCUT2D eigenvalue weighted by Crippen LogP contribution is -2.30. The van der Waals surface area contributed by atoms with Gasteiger partial charge in [0, 0.05) is 19.3 Å². The van der Waals surface area contributed by atoms with E-state index in [2.05, 4.69) is 75.5 Å². The standard InChI is InChI=1S/C63H112O6/c1-4-7-10-13-16-19-22-25-27-29-31-33-35-38-41-44-47-50-53-56-62(65)68-59-60(58-67-61(64)55-52-49-46-43-40-37-24-21-18-15-12-9-6-3)69-63(66)57-54-51-48-45-42-39-36-34-32-30-28-26-23-20-17-14-11-8-5-2/h9,12,18,21,25,27,37,40,46,49,60H,4-8,10-11,13-17,19-20,22-24,26,28-36,38-39,41-45,47-48,50-59H2,1-3H3/b12-9-,21-18-,27-25-,40-37-,49-46-. The van der Waals surface area contributed by atoms with Gasteiger partial charge in [-0.05, 0) is 70.6 Å². The van der Waals surface area contributed by atoms with E-state index in [0.717, 1.165) is 64.2 Å². The molecule has 69 heavy (non-hydrogen) atoms. The van der Waals surface area contributed by atoms with Crippen LogP contribution in [-0.2, 0) is 28.6 Å². The first-order valence-electron chi connectivity index (χ1n) is 29.8. The SMILES string of the molecule is CC/C=C\C/C=C\C/C=C\C/C=C\CCC(=O)OCC(COC(=O)CCCCCCCCCCC/C=C\CCCCCCCC)OC(=O)CCCCCCCCCCCCCCCCCCCCC. The van der Waals surface area contributed by atoms with Crippen LogP contribution in [0.5, 0.6) is 0 Å². The van der Waals surface area contributed by atoms with E-state index in [4.69, 9.17) is 14.2 Å². The Kier molecular flexibility index (Phi) is 55.3. The molecule has 0 spiro atoms. The number of carbonyl (C=O) groups is 3. The van der Waals surface area contributed by atoms with Crippen molar-refractivity contribution < 1.29 is 28.6 Å². The van der Waals surface area contributed by atoms with Gasteiger partial charge in [-0.25, -0.2) is 0 Å². The van der Waals surface area contributed by atoms with E-state index in [1.807, 2.05) is 6.08 Å².